The standard InChI is InChI=1S/C13H14INO2.C13H16O4/c1-13(2,3)17-12(16)15-7-6-9-8-10(14)4-5-11(9)15;14-11-6-12(15)17-13(16-11)9-2-7-1-8(4-9)5-10(13)3-7/h4-8H,1-3H3;7-10H,1-6H2. The number of aromatic nitrogens is 1. The number of fused-ring (bicyclic) bond motifs is 1. The van der Waals surface area contributed by atoms with Crippen LogP contribution in [0.5, 0.6) is 0 Å². The van der Waals surface area contributed by atoms with Crippen LogP contribution in [0.25, 0.3) is 10.9 Å². The summed E-state index contributed by atoms with van der Waals surface area (Å²) in [5.41, 5.74) is 0.399. The number of esters is 2. The Morgan fingerprint density at radius 1 is 1.00 bits per heavy atom. The second kappa shape index (κ2) is 8.53. The van der Waals surface area contributed by atoms with Gasteiger partial charge in [0, 0.05) is 27.0 Å². The average molecular weight is 579 g/mol. The van der Waals surface area contributed by atoms with E-state index in [1.807, 2.05) is 45.0 Å². The van der Waals surface area contributed by atoms with Crippen LogP contribution in [0, 0.1) is 27.2 Å². The maximum absolute atomic E-state index is 12.0. The maximum atomic E-state index is 12.0. The molecule has 2 aromatic rings. The molecule has 4 saturated carbocycles. The Hall–Kier alpha value is -2.10. The predicted octanol–water partition coefficient (Wildman–Crippen LogP) is 5.66. The molecule has 34 heavy (non-hydrogen) atoms. The zero-order chi connectivity index (χ0) is 24.3. The predicted molar refractivity (Wildman–Crippen MR) is 133 cm³/mol. The van der Waals surface area contributed by atoms with Crippen molar-refractivity contribution in [2.75, 3.05) is 0 Å². The fourth-order valence-corrected chi connectivity index (χ4v) is 6.84. The number of benzene rings is 1. The Morgan fingerprint density at radius 3 is 2.15 bits per heavy atom. The number of rotatable bonds is 0. The minimum atomic E-state index is -0.875. The molecular formula is C26H30INO6. The third-order valence-corrected chi connectivity index (χ3v) is 8.02. The van der Waals surface area contributed by atoms with Crippen molar-refractivity contribution >= 4 is 51.5 Å². The van der Waals surface area contributed by atoms with Crippen LogP contribution in [0.2, 0.25) is 0 Å². The minimum Gasteiger partial charge on any atom is -0.443 e. The number of hydrogen-bond acceptors (Lipinski definition) is 6. The smallest absolute Gasteiger partial charge is 0.418 e. The highest BCUT2D eigenvalue weighted by Crippen LogP contribution is 2.60. The summed E-state index contributed by atoms with van der Waals surface area (Å²) < 4.78 is 19.1. The van der Waals surface area contributed by atoms with Gasteiger partial charge in [-0.1, -0.05) is 0 Å². The van der Waals surface area contributed by atoms with E-state index in [0.717, 1.165) is 52.0 Å². The van der Waals surface area contributed by atoms with Gasteiger partial charge in [-0.15, -0.1) is 0 Å². The van der Waals surface area contributed by atoms with Gasteiger partial charge in [0.25, 0.3) is 5.79 Å². The van der Waals surface area contributed by atoms with E-state index >= 15 is 0 Å². The Bertz CT molecular complexity index is 1100. The summed E-state index contributed by atoms with van der Waals surface area (Å²) in [5, 5.41) is 1.04. The third-order valence-electron chi connectivity index (χ3n) is 7.35. The van der Waals surface area contributed by atoms with Gasteiger partial charge in [-0.25, -0.2) is 4.79 Å². The highest BCUT2D eigenvalue weighted by atomic mass is 127. The van der Waals surface area contributed by atoms with Crippen LogP contribution in [-0.2, 0) is 23.8 Å². The number of ether oxygens (including phenoxy) is 3. The molecule has 0 unspecified atom stereocenters. The number of carbonyl (C=O) groups is 3. The van der Waals surface area contributed by atoms with Crippen molar-refractivity contribution in [2.24, 2.45) is 23.7 Å². The molecule has 0 atom stereocenters. The van der Waals surface area contributed by atoms with Crippen molar-refractivity contribution in [3.05, 3.63) is 34.0 Å². The van der Waals surface area contributed by atoms with Gasteiger partial charge >= 0.3 is 18.0 Å². The molecule has 7 rings (SSSR count). The maximum Gasteiger partial charge on any atom is 0.418 e. The van der Waals surface area contributed by atoms with E-state index in [4.69, 9.17) is 14.2 Å². The molecule has 5 fully saturated rings. The zero-order valence-corrected chi connectivity index (χ0v) is 21.9. The van der Waals surface area contributed by atoms with Gasteiger partial charge in [0.1, 0.15) is 12.0 Å². The van der Waals surface area contributed by atoms with Gasteiger partial charge in [0.15, 0.2) is 0 Å². The molecule has 182 valence electrons. The van der Waals surface area contributed by atoms with E-state index in [0.29, 0.717) is 0 Å². The normalized spacial score (nSPS) is 28.8. The summed E-state index contributed by atoms with van der Waals surface area (Å²) in [6, 6.07) is 7.86. The molecule has 8 heteroatoms. The third kappa shape index (κ3) is 4.45. The van der Waals surface area contributed by atoms with Crippen LogP contribution in [-0.4, -0.2) is 34.0 Å². The average Bonchev–Trinajstić information content (AvgIpc) is 3.13. The molecule has 1 aromatic heterocycles. The SMILES string of the molecule is CC(C)(C)OC(=O)n1ccc2cc(I)ccc21.O=C1CC(=O)OC2(O1)C1CC3CC(C1)CC2C3. The first-order valence-corrected chi connectivity index (χ1v) is 13.0. The number of hydrogen-bond donors (Lipinski definition) is 0. The van der Waals surface area contributed by atoms with Crippen LogP contribution in [0.4, 0.5) is 4.79 Å². The molecule has 0 amide bonds. The molecule has 4 bridgehead atoms. The second-order valence-electron chi connectivity index (χ2n) is 11.0. The number of halogens is 1. The van der Waals surface area contributed by atoms with Gasteiger partial charge in [-0.05, 0) is 112 Å². The molecule has 1 aromatic carbocycles. The van der Waals surface area contributed by atoms with Crippen LogP contribution < -0.4 is 0 Å². The highest BCUT2D eigenvalue weighted by Gasteiger charge is 2.63. The van der Waals surface area contributed by atoms with E-state index in [1.165, 1.54) is 11.0 Å². The molecule has 1 saturated heterocycles. The molecule has 1 aliphatic heterocycles. The lowest BCUT2D eigenvalue weighted by Gasteiger charge is -2.59. The van der Waals surface area contributed by atoms with Gasteiger partial charge in [-0.3, -0.25) is 14.2 Å². The fraction of sp³-hybridized carbons (Fsp3) is 0.577. The van der Waals surface area contributed by atoms with Gasteiger partial charge in [0.05, 0.1) is 5.52 Å². The van der Waals surface area contributed by atoms with Crippen molar-refractivity contribution in [3.63, 3.8) is 0 Å². The molecule has 7 nitrogen and oxygen atoms in total. The molecule has 4 aliphatic carbocycles. The lowest BCUT2D eigenvalue weighted by atomic mass is 9.53. The Balaban J connectivity index is 0.000000142. The fourth-order valence-electron chi connectivity index (χ4n) is 6.32. The van der Waals surface area contributed by atoms with Crippen LogP contribution in [0.3, 0.4) is 0 Å². The number of carbonyl (C=O) groups excluding carboxylic acids is 3. The van der Waals surface area contributed by atoms with E-state index in [2.05, 4.69) is 22.6 Å². The summed E-state index contributed by atoms with van der Waals surface area (Å²) in [5.74, 6) is 0.381. The van der Waals surface area contributed by atoms with Gasteiger partial charge in [0.2, 0.25) is 0 Å². The van der Waals surface area contributed by atoms with E-state index in [1.54, 1.807) is 6.20 Å². The highest BCUT2D eigenvalue weighted by molar-refractivity contribution is 14.1. The van der Waals surface area contributed by atoms with Crippen LogP contribution in [0.15, 0.2) is 30.5 Å². The van der Waals surface area contributed by atoms with Crippen LogP contribution in [0.1, 0.15) is 59.3 Å². The lowest BCUT2D eigenvalue weighted by molar-refractivity contribution is -0.319. The van der Waals surface area contributed by atoms with Crippen molar-refractivity contribution in [3.8, 4) is 0 Å². The van der Waals surface area contributed by atoms with Crippen molar-refractivity contribution in [1.29, 1.82) is 0 Å². The molecular weight excluding hydrogens is 549 g/mol. The molecule has 5 aliphatic rings. The van der Waals surface area contributed by atoms with Crippen molar-refractivity contribution in [1.82, 2.24) is 4.57 Å². The molecule has 0 radical (unpaired) electrons. The molecule has 2 heterocycles. The molecule has 1 spiro atoms. The monoisotopic (exact) mass is 579 g/mol. The Morgan fingerprint density at radius 2 is 1.59 bits per heavy atom. The first-order chi connectivity index (χ1) is 16.0. The number of nitrogens with zero attached hydrogens (tertiary/aromatic N) is 1. The summed E-state index contributed by atoms with van der Waals surface area (Å²) in [6.07, 6.45) is 6.77. The van der Waals surface area contributed by atoms with E-state index in [9.17, 15) is 14.4 Å². The molecule has 0 N–H and O–H groups in total. The Labute approximate surface area is 212 Å². The lowest BCUT2D eigenvalue weighted by Crippen LogP contribution is -2.63. The summed E-state index contributed by atoms with van der Waals surface area (Å²) in [4.78, 5) is 35.1. The van der Waals surface area contributed by atoms with Gasteiger partial charge < -0.3 is 14.2 Å². The minimum absolute atomic E-state index is 0.214. The largest absolute Gasteiger partial charge is 0.443 e. The van der Waals surface area contributed by atoms with E-state index < -0.39 is 23.3 Å². The summed E-state index contributed by atoms with van der Waals surface area (Å²) in [7, 11) is 0. The van der Waals surface area contributed by atoms with Crippen molar-refractivity contribution in [2.45, 2.75) is 70.7 Å². The first-order valence-electron chi connectivity index (χ1n) is 12.0. The topological polar surface area (TPSA) is 83.8 Å². The van der Waals surface area contributed by atoms with Crippen molar-refractivity contribution < 1.29 is 28.6 Å². The quantitative estimate of drug-likeness (QED) is 0.228. The zero-order valence-electron chi connectivity index (χ0n) is 19.7. The summed E-state index contributed by atoms with van der Waals surface area (Å²) >= 11 is 2.25. The van der Waals surface area contributed by atoms with Crippen LogP contribution >= 0.6 is 22.6 Å². The summed E-state index contributed by atoms with van der Waals surface area (Å²) in [6.45, 7) is 5.58. The van der Waals surface area contributed by atoms with Gasteiger partial charge in [-0.2, -0.15) is 0 Å². The second-order valence-corrected chi connectivity index (χ2v) is 12.3. The Kier molecular flexibility index (Phi) is 5.93. The first kappa shape index (κ1) is 23.6. The van der Waals surface area contributed by atoms with E-state index in [-0.39, 0.29) is 24.3 Å².